The number of nitrogens with two attached hydrogens (primary N) is 1. The fraction of sp³-hybridized carbons (Fsp3) is 0.250. The molecule has 3 rings (SSSR count). The van der Waals surface area contributed by atoms with Gasteiger partial charge in [-0.15, -0.1) is 0 Å². The van der Waals surface area contributed by atoms with Crippen LogP contribution in [0.2, 0.25) is 0 Å². The van der Waals surface area contributed by atoms with E-state index in [0.717, 1.165) is 5.56 Å². The van der Waals surface area contributed by atoms with Crippen LogP contribution in [0.25, 0.3) is 0 Å². The second-order valence-corrected chi connectivity index (χ2v) is 6.49. The molecule has 6 nitrogen and oxygen atoms in total. The summed E-state index contributed by atoms with van der Waals surface area (Å²) in [4.78, 5) is 37.4. The fourth-order valence-electron chi connectivity index (χ4n) is 3.46. The first kappa shape index (κ1) is 17.7. The van der Waals surface area contributed by atoms with E-state index in [1.165, 1.54) is 24.3 Å². The fourth-order valence-corrected chi connectivity index (χ4v) is 3.46. The summed E-state index contributed by atoms with van der Waals surface area (Å²) in [6.07, 6.45) is 0.927. The van der Waals surface area contributed by atoms with E-state index < -0.39 is 11.4 Å². The average Bonchev–Trinajstić information content (AvgIpc) is 2.68. The van der Waals surface area contributed by atoms with Crippen LogP contribution in [0.5, 0.6) is 0 Å². The van der Waals surface area contributed by atoms with Crippen LogP contribution in [-0.4, -0.2) is 40.9 Å². The van der Waals surface area contributed by atoms with Crippen LogP contribution in [0.15, 0.2) is 54.6 Å². The molecule has 0 saturated carbocycles. The number of carbonyl (C=O) groups excluding carboxylic acids is 2. The Bertz CT molecular complexity index is 823. The Morgan fingerprint density at radius 1 is 0.885 bits per heavy atom. The molecule has 2 aromatic carbocycles. The summed E-state index contributed by atoms with van der Waals surface area (Å²) in [6, 6.07) is 15.3. The molecule has 0 aliphatic carbocycles. The lowest BCUT2D eigenvalue weighted by Gasteiger charge is -2.40. The SMILES string of the molecule is NC(=O)C1(c2ccccc2)CCN(C(=O)c2ccc(C(=O)O)cc2)CC1. The van der Waals surface area contributed by atoms with E-state index >= 15 is 0 Å². The van der Waals surface area contributed by atoms with Crippen molar-refractivity contribution in [2.24, 2.45) is 5.73 Å². The lowest BCUT2D eigenvalue weighted by Crippen LogP contribution is -2.51. The number of nitrogens with zero attached hydrogens (tertiary/aromatic N) is 1. The number of benzene rings is 2. The van der Waals surface area contributed by atoms with E-state index in [1.807, 2.05) is 30.3 Å². The Labute approximate surface area is 151 Å². The van der Waals surface area contributed by atoms with E-state index in [-0.39, 0.29) is 17.4 Å². The second kappa shape index (κ2) is 7.00. The molecule has 0 bridgehead atoms. The maximum atomic E-state index is 12.7. The summed E-state index contributed by atoms with van der Waals surface area (Å²) in [7, 11) is 0. The molecule has 0 spiro atoms. The Morgan fingerprint density at radius 2 is 1.42 bits per heavy atom. The van der Waals surface area contributed by atoms with Crippen molar-refractivity contribution < 1.29 is 19.5 Å². The summed E-state index contributed by atoms with van der Waals surface area (Å²) in [5.41, 5.74) is 6.40. The predicted octanol–water partition coefficient (Wildman–Crippen LogP) is 2.04. The van der Waals surface area contributed by atoms with Gasteiger partial charge in [0.15, 0.2) is 0 Å². The van der Waals surface area contributed by atoms with Crippen molar-refractivity contribution in [1.82, 2.24) is 4.90 Å². The number of likely N-dealkylation sites (tertiary alicyclic amines) is 1. The number of piperidine rings is 1. The van der Waals surface area contributed by atoms with Gasteiger partial charge in [-0.05, 0) is 42.7 Å². The first-order chi connectivity index (χ1) is 12.4. The Balaban J connectivity index is 1.75. The standard InChI is InChI=1S/C20H20N2O4/c21-19(26)20(16-4-2-1-3-5-16)10-12-22(13-11-20)17(23)14-6-8-15(9-7-14)18(24)25/h1-9H,10-13H2,(H2,21,26)(H,24,25). The van der Waals surface area contributed by atoms with Crippen molar-refractivity contribution in [2.75, 3.05) is 13.1 Å². The summed E-state index contributed by atoms with van der Waals surface area (Å²) in [5, 5.41) is 8.94. The van der Waals surface area contributed by atoms with E-state index in [0.29, 0.717) is 31.5 Å². The molecule has 26 heavy (non-hydrogen) atoms. The van der Waals surface area contributed by atoms with Gasteiger partial charge in [-0.1, -0.05) is 30.3 Å². The number of hydrogen-bond donors (Lipinski definition) is 2. The van der Waals surface area contributed by atoms with Gasteiger partial charge in [0.2, 0.25) is 5.91 Å². The molecule has 0 radical (unpaired) electrons. The third kappa shape index (κ3) is 3.18. The zero-order valence-electron chi connectivity index (χ0n) is 14.2. The molecule has 1 fully saturated rings. The third-order valence-corrected chi connectivity index (χ3v) is 5.08. The highest BCUT2D eigenvalue weighted by atomic mass is 16.4. The van der Waals surface area contributed by atoms with Crippen LogP contribution < -0.4 is 5.73 Å². The average molecular weight is 352 g/mol. The molecule has 2 aromatic rings. The van der Waals surface area contributed by atoms with Crippen molar-refractivity contribution in [3.05, 3.63) is 71.3 Å². The van der Waals surface area contributed by atoms with Crippen molar-refractivity contribution in [1.29, 1.82) is 0 Å². The minimum absolute atomic E-state index is 0.136. The first-order valence-corrected chi connectivity index (χ1v) is 8.42. The zero-order valence-corrected chi connectivity index (χ0v) is 14.2. The zero-order chi connectivity index (χ0) is 18.7. The molecule has 134 valence electrons. The number of carboxylic acid groups (broad SMARTS) is 1. The molecule has 3 N–H and O–H groups in total. The number of carbonyl (C=O) groups is 3. The highest BCUT2D eigenvalue weighted by Crippen LogP contribution is 2.35. The van der Waals surface area contributed by atoms with Crippen LogP contribution in [0.1, 0.15) is 39.1 Å². The van der Waals surface area contributed by atoms with Gasteiger partial charge < -0.3 is 15.7 Å². The van der Waals surface area contributed by atoms with Gasteiger partial charge in [0, 0.05) is 18.7 Å². The molecular weight excluding hydrogens is 332 g/mol. The molecule has 2 amide bonds. The molecule has 1 heterocycles. The molecule has 1 aliphatic heterocycles. The summed E-state index contributed by atoms with van der Waals surface area (Å²) < 4.78 is 0. The molecular formula is C20H20N2O4. The van der Waals surface area contributed by atoms with E-state index in [1.54, 1.807) is 4.90 Å². The van der Waals surface area contributed by atoms with Gasteiger partial charge in [0.05, 0.1) is 11.0 Å². The number of aromatic carboxylic acids is 1. The van der Waals surface area contributed by atoms with Crippen LogP contribution >= 0.6 is 0 Å². The topological polar surface area (TPSA) is 101 Å². The van der Waals surface area contributed by atoms with Crippen LogP contribution in [0.3, 0.4) is 0 Å². The van der Waals surface area contributed by atoms with Gasteiger partial charge in [-0.25, -0.2) is 4.79 Å². The summed E-state index contributed by atoms with van der Waals surface area (Å²) >= 11 is 0. The molecule has 1 saturated heterocycles. The minimum Gasteiger partial charge on any atom is -0.478 e. The van der Waals surface area contributed by atoms with Gasteiger partial charge in [0.1, 0.15) is 0 Å². The lowest BCUT2D eigenvalue weighted by molar-refractivity contribution is -0.125. The highest BCUT2D eigenvalue weighted by molar-refractivity contribution is 5.96. The summed E-state index contributed by atoms with van der Waals surface area (Å²) in [6.45, 7) is 0.828. The normalized spacial score (nSPS) is 16.1. The Morgan fingerprint density at radius 3 is 1.92 bits per heavy atom. The number of primary amides is 1. The monoisotopic (exact) mass is 352 g/mol. The van der Waals surface area contributed by atoms with E-state index in [9.17, 15) is 14.4 Å². The quantitative estimate of drug-likeness (QED) is 0.879. The molecule has 6 heteroatoms. The summed E-state index contributed by atoms with van der Waals surface area (Å²) in [5.74, 6) is -1.58. The second-order valence-electron chi connectivity index (χ2n) is 6.49. The van der Waals surface area contributed by atoms with Crippen LogP contribution in [0, 0.1) is 0 Å². The number of amides is 2. The van der Waals surface area contributed by atoms with Gasteiger partial charge in [0.25, 0.3) is 5.91 Å². The van der Waals surface area contributed by atoms with E-state index in [2.05, 4.69) is 0 Å². The third-order valence-electron chi connectivity index (χ3n) is 5.08. The molecule has 1 aliphatic rings. The first-order valence-electron chi connectivity index (χ1n) is 8.42. The van der Waals surface area contributed by atoms with Gasteiger partial charge >= 0.3 is 5.97 Å². The van der Waals surface area contributed by atoms with E-state index in [4.69, 9.17) is 10.8 Å². The number of hydrogen-bond acceptors (Lipinski definition) is 3. The van der Waals surface area contributed by atoms with Gasteiger partial charge in [-0.2, -0.15) is 0 Å². The van der Waals surface area contributed by atoms with Crippen molar-refractivity contribution in [3.8, 4) is 0 Å². The number of carboxylic acids is 1. The van der Waals surface area contributed by atoms with Crippen LogP contribution in [-0.2, 0) is 10.2 Å². The smallest absolute Gasteiger partial charge is 0.335 e. The van der Waals surface area contributed by atoms with Crippen molar-refractivity contribution >= 4 is 17.8 Å². The van der Waals surface area contributed by atoms with Gasteiger partial charge in [-0.3, -0.25) is 9.59 Å². The number of rotatable bonds is 4. The molecule has 0 atom stereocenters. The highest BCUT2D eigenvalue weighted by Gasteiger charge is 2.42. The largest absolute Gasteiger partial charge is 0.478 e. The Hall–Kier alpha value is -3.15. The lowest BCUT2D eigenvalue weighted by atomic mass is 9.72. The maximum absolute atomic E-state index is 12.7. The van der Waals surface area contributed by atoms with Crippen molar-refractivity contribution in [2.45, 2.75) is 18.3 Å². The molecule has 0 aromatic heterocycles. The van der Waals surface area contributed by atoms with Crippen LogP contribution in [0.4, 0.5) is 0 Å². The molecule has 0 unspecified atom stereocenters. The predicted molar refractivity (Wildman–Crippen MR) is 95.9 cm³/mol. The maximum Gasteiger partial charge on any atom is 0.335 e. The van der Waals surface area contributed by atoms with Crippen molar-refractivity contribution in [3.63, 3.8) is 0 Å². The Kier molecular flexibility index (Phi) is 4.75. The minimum atomic E-state index is -1.03.